The number of amides is 1. The highest BCUT2D eigenvalue weighted by Crippen LogP contribution is 2.16. The van der Waals surface area contributed by atoms with Gasteiger partial charge >= 0.3 is 0 Å². The van der Waals surface area contributed by atoms with Crippen LogP contribution < -0.4 is 14.8 Å². The lowest BCUT2D eigenvalue weighted by molar-refractivity contribution is 0.0939. The van der Waals surface area contributed by atoms with Gasteiger partial charge in [-0.05, 0) is 36.4 Å². The number of nitriles is 1. The Labute approximate surface area is 128 Å². The molecule has 0 unspecified atom stereocenters. The molecule has 0 fully saturated rings. The molecule has 0 saturated heterocycles. The van der Waals surface area contributed by atoms with Gasteiger partial charge in [-0.3, -0.25) is 4.79 Å². The van der Waals surface area contributed by atoms with E-state index in [0.717, 1.165) is 5.75 Å². The summed E-state index contributed by atoms with van der Waals surface area (Å²) < 4.78 is 12.1. The molecule has 22 heavy (non-hydrogen) atoms. The zero-order chi connectivity index (χ0) is 15.9. The van der Waals surface area contributed by atoms with Gasteiger partial charge in [-0.2, -0.15) is 5.26 Å². The standard InChI is InChI=1S/C16H17N3O3/c1-19-12(11-17)3-8-15(19)16(20)18-9-10-22-14-6-4-13(21-2)5-7-14/h3-8H,9-10H2,1-2H3,(H,18,20). The third kappa shape index (κ3) is 3.58. The van der Waals surface area contributed by atoms with Crippen LogP contribution in [0.1, 0.15) is 16.2 Å². The first-order valence-corrected chi connectivity index (χ1v) is 6.76. The van der Waals surface area contributed by atoms with Crippen LogP contribution in [-0.4, -0.2) is 30.7 Å². The third-order valence-electron chi connectivity index (χ3n) is 3.18. The Bertz CT molecular complexity index is 684. The summed E-state index contributed by atoms with van der Waals surface area (Å²) in [5.74, 6) is 1.24. The maximum Gasteiger partial charge on any atom is 0.268 e. The van der Waals surface area contributed by atoms with Crippen molar-refractivity contribution < 1.29 is 14.3 Å². The summed E-state index contributed by atoms with van der Waals surface area (Å²) in [6.07, 6.45) is 0. The van der Waals surface area contributed by atoms with Crippen molar-refractivity contribution in [3.8, 4) is 17.6 Å². The van der Waals surface area contributed by atoms with Crippen LogP contribution in [0, 0.1) is 11.3 Å². The Morgan fingerprint density at radius 3 is 2.50 bits per heavy atom. The number of carbonyl (C=O) groups excluding carboxylic acids is 1. The van der Waals surface area contributed by atoms with Gasteiger partial charge in [0.1, 0.15) is 35.6 Å². The minimum Gasteiger partial charge on any atom is -0.497 e. The van der Waals surface area contributed by atoms with Crippen LogP contribution in [-0.2, 0) is 7.05 Å². The molecule has 0 aliphatic heterocycles. The van der Waals surface area contributed by atoms with E-state index in [0.29, 0.717) is 30.3 Å². The molecule has 6 nitrogen and oxygen atoms in total. The summed E-state index contributed by atoms with van der Waals surface area (Å²) in [5, 5.41) is 11.6. The molecule has 1 aromatic carbocycles. The van der Waals surface area contributed by atoms with Crippen LogP contribution in [0.15, 0.2) is 36.4 Å². The minimum atomic E-state index is -0.234. The van der Waals surface area contributed by atoms with Crippen molar-refractivity contribution in [3.63, 3.8) is 0 Å². The molecule has 0 aliphatic carbocycles. The van der Waals surface area contributed by atoms with E-state index in [1.54, 1.807) is 55.1 Å². The van der Waals surface area contributed by atoms with Crippen LogP contribution in [0.4, 0.5) is 0 Å². The lowest BCUT2D eigenvalue weighted by atomic mass is 10.3. The number of rotatable bonds is 6. The van der Waals surface area contributed by atoms with Crippen molar-refractivity contribution in [3.05, 3.63) is 47.8 Å². The predicted octanol–water partition coefficient (Wildman–Crippen LogP) is 1.71. The monoisotopic (exact) mass is 299 g/mol. The smallest absolute Gasteiger partial charge is 0.268 e. The van der Waals surface area contributed by atoms with Crippen LogP contribution in [0.5, 0.6) is 11.5 Å². The summed E-state index contributed by atoms with van der Waals surface area (Å²) >= 11 is 0. The second kappa shape index (κ2) is 7.18. The molecule has 1 N–H and O–H groups in total. The van der Waals surface area contributed by atoms with E-state index < -0.39 is 0 Å². The predicted molar refractivity (Wildman–Crippen MR) is 81.0 cm³/mol. The number of methoxy groups -OCH3 is 1. The SMILES string of the molecule is COc1ccc(OCCNC(=O)c2ccc(C#N)n2C)cc1. The molecule has 1 aromatic heterocycles. The first-order valence-electron chi connectivity index (χ1n) is 6.76. The average molecular weight is 299 g/mol. The molecule has 6 heteroatoms. The van der Waals surface area contributed by atoms with E-state index in [2.05, 4.69) is 5.32 Å². The Morgan fingerprint density at radius 2 is 1.91 bits per heavy atom. The number of nitrogens with zero attached hydrogens (tertiary/aromatic N) is 2. The summed E-state index contributed by atoms with van der Waals surface area (Å²) in [5.41, 5.74) is 0.889. The lowest BCUT2D eigenvalue weighted by Gasteiger charge is -2.09. The van der Waals surface area contributed by atoms with Crippen molar-refractivity contribution in [2.45, 2.75) is 0 Å². The number of hydrogen-bond donors (Lipinski definition) is 1. The normalized spacial score (nSPS) is 9.86. The number of aromatic nitrogens is 1. The van der Waals surface area contributed by atoms with E-state index >= 15 is 0 Å². The van der Waals surface area contributed by atoms with Gasteiger partial charge in [0.05, 0.1) is 13.7 Å². The second-order valence-corrected chi connectivity index (χ2v) is 4.55. The molecular weight excluding hydrogens is 282 g/mol. The number of benzene rings is 1. The van der Waals surface area contributed by atoms with Crippen molar-refractivity contribution in [1.29, 1.82) is 5.26 Å². The zero-order valence-electron chi connectivity index (χ0n) is 12.5. The molecule has 0 radical (unpaired) electrons. The molecule has 0 saturated carbocycles. The van der Waals surface area contributed by atoms with Crippen LogP contribution in [0.2, 0.25) is 0 Å². The maximum atomic E-state index is 12.0. The van der Waals surface area contributed by atoms with E-state index in [1.165, 1.54) is 0 Å². The van der Waals surface area contributed by atoms with Gasteiger partial charge in [0.15, 0.2) is 0 Å². The number of ether oxygens (including phenoxy) is 2. The summed E-state index contributed by atoms with van der Waals surface area (Å²) in [7, 11) is 3.29. The fourth-order valence-electron chi connectivity index (χ4n) is 1.95. The zero-order valence-corrected chi connectivity index (χ0v) is 12.5. The summed E-state index contributed by atoms with van der Waals surface area (Å²) in [6.45, 7) is 0.728. The van der Waals surface area contributed by atoms with Crippen molar-refractivity contribution in [1.82, 2.24) is 9.88 Å². The van der Waals surface area contributed by atoms with Gasteiger partial charge in [0, 0.05) is 7.05 Å². The number of nitrogens with one attached hydrogen (secondary N) is 1. The Balaban J connectivity index is 1.79. The molecule has 0 bridgehead atoms. The summed E-state index contributed by atoms with van der Waals surface area (Å²) in [6, 6.07) is 12.5. The molecule has 0 aliphatic rings. The Morgan fingerprint density at radius 1 is 1.23 bits per heavy atom. The minimum absolute atomic E-state index is 0.234. The quantitative estimate of drug-likeness (QED) is 0.824. The van der Waals surface area contributed by atoms with Crippen LogP contribution >= 0.6 is 0 Å². The van der Waals surface area contributed by atoms with E-state index in [4.69, 9.17) is 14.7 Å². The lowest BCUT2D eigenvalue weighted by Crippen LogP contribution is -2.29. The fraction of sp³-hybridized carbons (Fsp3) is 0.250. The van der Waals surface area contributed by atoms with Crippen molar-refractivity contribution in [2.24, 2.45) is 7.05 Å². The van der Waals surface area contributed by atoms with Crippen LogP contribution in [0.3, 0.4) is 0 Å². The largest absolute Gasteiger partial charge is 0.497 e. The third-order valence-corrected chi connectivity index (χ3v) is 3.18. The molecule has 2 aromatic rings. The molecule has 1 amide bonds. The molecule has 114 valence electrons. The van der Waals surface area contributed by atoms with Gasteiger partial charge in [-0.15, -0.1) is 0 Å². The van der Waals surface area contributed by atoms with Crippen molar-refractivity contribution >= 4 is 5.91 Å². The van der Waals surface area contributed by atoms with E-state index in [9.17, 15) is 4.79 Å². The Kier molecular flexibility index (Phi) is 5.04. The first-order chi connectivity index (χ1) is 10.7. The number of carbonyl (C=O) groups is 1. The molecular formula is C16H17N3O3. The topological polar surface area (TPSA) is 76.3 Å². The molecule has 0 atom stereocenters. The van der Waals surface area contributed by atoms with Crippen molar-refractivity contribution in [2.75, 3.05) is 20.3 Å². The highest BCUT2D eigenvalue weighted by Gasteiger charge is 2.11. The highest BCUT2D eigenvalue weighted by molar-refractivity contribution is 5.93. The van der Waals surface area contributed by atoms with Crippen LogP contribution in [0.25, 0.3) is 0 Å². The average Bonchev–Trinajstić information content (AvgIpc) is 2.92. The molecule has 0 spiro atoms. The van der Waals surface area contributed by atoms with Gasteiger partial charge < -0.3 is 19.4 Å². The molecule has 1 heterocycles. The van der Waals surface area contributed by atoms with Gasteiger partial charge in [0.2, 0.25) is 0 Å². The fourth-order valence-corrected chi connectivity index (χ4v) is 1.95. The molecule has 2 rings (SSSR count). The Hall–Kier alpha value is -2.94. The first kappa shape index (κ1) is 15.4. The van der Waals surface area contributed by atoms with Gasteiger partial charge in [-0.1, -0.05) is 0 Å². The van der Waals surface area contributed by atoms with Gasteiger partial charge in [-0.25, -0.2) is 0 Å². The second-order valence-electron chi connectivity index (χ2n) is 4.55. The number of hydrogen-bond acceptors (Lipinski definition) is 4. The van der Waals surface area contributed by atoms with Gasteiger partial charge in [0.25, 0.3) is 5.91 Å². The maximum absolute atomic E-state index is 12.0. The van der Waals surface area contributed by atoms with E-state index in [-0.39, 0.29) is 5.91 Å². The highest BCUT2D eigenvalue weighted by atomic mass is 16.5. The summed E-state index contributed by atoms with van der Waals surface area (Å²) in [4.78, 5) is 12.0. The van der Waals surface area contributed by atoms with E-state index in [1.807, 2.05) is 6.07 Å².